The lowest BCUT2D eigenvalue weighted by Crippen LogP contribution is -2.29. The molecule has 11 heteroatoms. The zero-order chi connectivity index (χ0) is 44.8. The van der Waals surface area contributed by atoms with Gasteiger partial charge in [-0.25, -0.2) is 4.57 Å². The van der Waals surface area contributed by atoms with Gasteiger partial charge < -0.3 is 24.6 Å². The maximum Gasteiger partial charge on any atom is 0.472 e. The Kier molecular flexibility index (Phi) is 40.9. The van der Waals surface area contributed by atoms with Crippen LogP contribution in [0.25, 0.3) is 0 Å². The van der Waals surface area contributed by atoms with Crippen LogP contribution >= 0.6 is 7.82 Å². The molecule has 3 atom stereocenters. The van der Waals surface area contributed by atoms with Gasteiger partial charge in [0.2, 0.25) is 0 Å². The van der Waals surface area contributed by atoms with Gasteiger partial charge in [-0.2, -0.15) is 0 Å². The Hall–Kier alpha value is -4.15. The molecule has 0 aliphatic rings. The fourth-order valence-corrected chi connectivity index (χ4v) is 5.54. The van der Waals surface area contributed by atoms with E-state index in [2.05, 4.69) is 134 Å². The Bertz CT molecular complexity index is 1510. The monoisotopic (exact) mass is 867 g/mol. The number of hydrogen-bond acceptors (Lipinski definition) is 9. The predicted molar refractivity (Wildman–Crippen MR) is 251 cm³/mol. The van der Waals surface area contributed by atoms with E-state index < -0.39 is 58.4 Å². The van der Waals surface area contributed by atoms with Gasteiger partial charge in [-0.15, -0.1) is 0 Å². The lowest BCUT2D eigenvalue weighted by atomic mass is 10.2. The van der Waals surface area contributed by atoms with Gasteiger partial charge in [0, 0.05) is 12.8 Å². The molecule has 0 saturated carbocycles. The second kappa shape index (κ2) is 43.9. The van der Waals surface area contributed by atoms with Crippen molar-refractivity contribution in [3.63, 3.8) is 0 Å². The van der Waals surface area contributed by atoms with Crippen molar-refractivity contribution < 1.29 is 47.8 Å². The molecule has 0 aromatic rings. The molecule has 0 bridgehead atoms. The van der Waals surface area contributed by atoms with E-state index in [-0.39, 0.29) is 12.8 Å². The third-order valence-electron chi connectivity index (χ3n) is 8.02. The Labute approximate surface area is 367 Å². The van der Waals surface area contributed by atoms with Crippen molar-refractivity contribution in [2.24, 2.45) is 0 Å². The van der Waals surface area contributed by atoms with Gasteiger partial charge in [-0.1, -0.05) is 160 Å². The predicted octanol–water partition coefficient (Wildman–Crippen LogP) is 11.9. The summed E-state index contributed by atoms with van der Waals surface area (Å²) in [6.45, 7) is 1.94. The number of allylic oxidation sites excluding steroid dienone is 24. The van der Waals surface area contributed by atoms with Crippen LogP contribution < -0.4 is 0 Å². The number of ether oxygens (including phenoxy) is 2. The summed E-state index contributed by atoms with van der Waals surface area (Å²) in [5, 5.41) is 18.3. The molecule has 61 heavy (non-hydrogen) atoms. The summed E-state index contributed by atoms with van der Waals surface area (Å²) in [4.78, 5) is 34.9. The van der Waals surface area contributed by atoms with Crippen LogP contribution in [0.1, 0.15) is 117 Å². The summed E-state index contributed by atoms with van der Waals surface area (Å²) < 4.78 is 32.5. The Morgan fingerprint density at radius 1 is 0.475 bits per heavy atom. The molecule has 0 amide bonds. The highest BCUT2D eigenvalue weighted by molar-refractivity contribution is 7.47. The van der Waals surface area contributed by atoms with Crippen LogP contribution in [0.15, 0.2) is 146 Å². The number of phosphoric acid groups is 1. The van der Waals surface area contributed by atoms with E-state index in [1.807, 2.05) is 30.4 Å². The number of rotatable bonds is 38. The van der Waals surface area contributed by atoms with Gasteiger partial charge in [0.1, 0.15) is 12.7 Å². The molecule has 0 aliphatic carbocycles. The minimum atomic E-state index is -4.67. The first-order chi connectivity index (χ1) is 29.7. The summed E-state index contributed by atoms with van der Waals surface area (Å²) in [5.41, 5.74) is 0. The molecule has 0 heterocycles. The van der Waals surface area contributed by atoms with Gasteiger partial charge in [-0.3, -0.25) is 18.6 Å². The van der Waals surface area contributed by atoms with Gasteiger partial charge in [0.05, 0.1) is 19.8 Å². The first-order valence-corrected chi connectivity index (χ1v) is 23.3. The number of phosphoric ester groups is 1. The van der Waals surface area contributed by atoms with E-state index in [1.165, 1.54) is 0 Å². The molecule has 0 aromatic carbocycles. The highest BCUT2D eigenvalue weighted by Crippen LogP contribution is 2.43. The molecule has 0 aliphatic heterocycles. The standard InChI is InChI=1S/C50H75O10P/c1-3-5-7-9-11-13-15-17-19-21-23-25-27-29-31-33-35-37-39-41-49(53)57-45-48(46-59-61(55,56)58-44-47(52)43-51)60-50(54)42-40-38-36-34-32-30-28-26-24-22-20-18-16-14-12-10-8-6-4-2/h5-8,11-14,17-20,23-26,29-32,35-38,47-48,51-52H,3-4,9-10,15-16,21-22,27-28,33-34,39-46H2,1-2H3,(H,55,56)/b7-5-,8-6-,13-11-,14-12-,19-17-,20-18-,25-23-,26-24-,31-29-,32-30-,37-35-,38-36-/t47-,48+/m0/s1. The van der Waals surface area contributed by atoms with E-state index >= 15 is 0 Å². The molecule has 0 radical (unpaired) electrons. The van der Waals surface area contributed by atoms with Crippen molar-refractivity contribution in [1.29, 1.82) is 0 Å². The van der Waals surface area contributed by atoms with Crippen molar-refractivity contribution in [3.8, 4) is 0 Å². The third-order valence-corrected chi connectivity index (χ3v) is 8.97. The fourth-order valence-electron chi connectivity index (χ4n) is 4.75. The molecule has 0 aromatic heterocycles. The SMILES string of the molecule is CC/C=C\C/C=C\C/C=C\C/C=C\C/C=C\C/C=C\CCC(=O)OC[C@H](COP(=O)(O)OC[C@@H](O)CO)OC(=O)CC/C=C\C/C=C\C/C=C\C/C=C\C/C=C\C/C=C\CC. The zero-order valence-electron chi connectivity index (χ0n) is 36.8. The average Bonchev–Trinajstić information content (AvgIpc) is 3.25. The van der Waals surface area contributed by atoms with Crippen LogP contribution in [-0.2, 0) is 32.7 Å². The first kappa shape index (κ1) is 56.9. The molecule has 0 rings (SSSR count). The topological polar surface area (TPSA) is 149 Å². The number of hydrogen-bond donors (Lipinski definition) is 3. The lowest BCUT2D eigenvalue weighted by Gasteiger charge is -2.20. The molecule has 1 unspecified atom stereocenters. The second-order valence-corrected chi connectivity index (χ2v) is 15.1. The van der Waals surface area contributed by atoms with Crippen molar-refractivity contribution in [1.82, 2.24) is 0 Å². The smallest absolute Gasteiger partial charge is 0.462 e. The Morgan fingerprint density at radius 3 is 1.13 bits per heavy atom. The number of esters is 2. The van der Waals surface area contributed by atoms with Crippen LogP contribution in [0.4, 0.5) is 0 Å². The summed E-state index contributed by atoms with van der Waals surface area (Å²) in [6.07, 6.45) is 59.8. The van der Waals surface area contributed by atoms with Gasteiger partial charge in [0.15, 0.2) is 6.10 Å². The molecule has 0 saturated heterocycles. The maximum absolute atomic E-state index is 12.6. The molecule has 340 valence electrons. The molecular weight excluding hydrogens is 792 g/mol. The molecule has 10 nitrogen and oxygen atoms in total. The van der Waals surface area contributed by atoms with Crippen molar-refractivity contribution in [2.75, 3.05) is 26.4 Å². The van der Waals surface area contributed by atoms with Crippen LogP contribution in [0.3, 0.4) is 0 Å². The summed E-state index contributed by atoms with van der Waals surface area (Å²) in [6, 6.07) is 0. The van der Waals surface area contributed by atoms with Crippen molar-refractivity contribution >= 4 is 19.8 Å². The summed E-state index contributed by atoms with van der Waals surface area (Å²) in [5.74, 6) is -1.14. The second-order valence-electron chi connectivity index (χ2n) is 13.6. The molecule has 0 fully saturated rings. The Morgan fingerprint density at radius 2 is 0.787 bits per heavy atom. The van der Waals surface area contributed by atoms with Crippen LogP contribution in [0.5, 0.6) is 0 Å². The first-order valence-electron chi connectivity index (χ1n) is 21.8. The average molecular weight is 867 g/mol. The number of carbonyl (C=O) groups is 2. The van der Waals surface area contributed by atoms with E-state index in [0.717, 1.165) is 70.6 Å². The van der Waals surface area contributed by atoms with E-state index in [4.69, 9.17) is 19.1 Å². The van der Waals surface area contributed by atoms with E-state index in [9.17, 15) is 24.2 Å². The van der Waals surface area contributed by atoms with Crippen LogP contribution in [-0.4, -0.2) is 65.7 Å². The van der Waals surface area contributed by atoms with Crippen molar-refractivity contribution in [3.05, 3.63) is 146 Å². The minimum absolute atomic E-state index is 0.0330. The van der Waals surface area contributed by atoms with Crippen LogP contribution in [0, 0.1) is 0 Å². The van der Waals surface area contributed by atoms with Gasteiger partial charge in [-0.05, 0) is 89.9 Å². The lowest BCUT2D eigenvalue weighted by molar-refractivity contribution is -0.161. The maximum atomic E-state index is 12.6. The number of aliphatic hydroxyl groups is 2. The van der Waals surface area contributed by atoms with Crippen molar-refractivity contribution in [2.45, 2.75) is 129 Å². The number of carbonyl (C=O) groups excluding carboxylic acids is 2. The van der Waals surface area contributed by atoms with Gasteiger partial charge in [0.25, 0.3) is 0 Å². The summed E-state index contributed by atoms with van der Waals surface area (Å²) in [7, 11) is -4.67. The van der Waals surface area contributed by atoms with E-state index in [1.54, 1.807) is 0 Å². The summed E-state index contributed by atoms with van der Waals surface area (Å²) >= 11 is 0. The molecular formula is C50H75O10P. The highest BCUT2D eigenvalue weighted by atomic mass is 31.2. The quantitative estimate of drug-likeness (QED) is 0.0311. The fraction of sp³-hybridized carbons (Fsp3) is 0.480. The largest absolute Gasteiger partial charge is 0.472 e. The van der Waals surface area contributed by atoms with Crippen LogP contribution in [0.2, 0.25) is 0 Å². The molecule has 0 spiro atoms. The third kappa shape index (κ3) is 43.7. The Balaban J connectivity index is 4.58. The normalized spacial score (nSPS) is 15.2. The highest BCUT2D eigenvalue weighted by Gasteiger charge is 2.27. The van der Waals surface area contributed by atoms with Gasteiger partial charge >= 0.3 is 19.8 Å². The molecule has 3 N–H and O–H groups in total. The van der Waals surface area contributed by atoms with E-state index in [0.29, 0.717) is 19.3 Å². The number of aliphatic hydroxyl groups excluding tert-OH is 2. The zero-order valence-corrected chi connectivity index (χ0v) is 37.7. The minimum Gasteiger partial charge on any atom is -0.462 e.